The summed E-state index contributed by atoms with van der Waals surface area (Å²) in [6.45, 7) is 25.7. The van der Waals surface area contributed by atoms with Crippen molar-refractivity contribution in [1.29, 1.82) is 0 Å². The molecular weight excluding hydrogens is 372 g/mol. The fourth-order valence-electron chi connectivity index (χ4n) is 2.77. The van der Waals surface area contributed by atoms with Gasteiger partial charge in [0.15, 0.2) is 16.6 Å². The first-order chi connectivity index (χ1) is 11.9. The minimum absolute atomic E-state index is 0.107. The third-order valence-electron chi connectivity index (χ3n) is 6.74. The maximum atomic E-state index is 9.51. The van der Waals surface area contributed by atoms with E-state index in [9.17, 15) is 5.11 Å². The normalized spacial score (nSPS) is 17.7. The molecule has 0 rings (SSSR count). The molecular formula is C21H48O4Si2. The van der Waals surface area contributed by atoms with Crippen molar-refractivity contribution < 1.29 is 18.7 Å². The Bertz CT molecular complexity index is 438. The number of ether oxygens (including phenoxy) is 1. The summed E-state index contributed by atoms with van der Waals surface area (Å²) in [4.78, 5) is 0. The van der Waals surface area contributed by atoms with Crippen molar-refractivity contribution in [3.05, 3.63) is 0 Å². The van der Waals surface area contributed by atoms with Gasteiger partial charge in [0.05, 0.1) is 11.7 Å². The molecule has 6 heteroatoms. The van der Waals surface area contributed by atoms with E-state index in [0.717, 1.165) is 19.4 Å². The zero-order valence-corrected chi connectivity index (χ0v) is 22.3. The van der Waals surface area contributed by atoms with E-state index in [4.69, 9.17) is 13.6 Å². The minimum Gasteiger partial charge on any atom is -0.417 e. The zero-order valence-electron chi connectivity index (χ0n) is 20.3. The lowest BCUT2D eigenvalue weighted by atomic mass is 9.91. The third kappa shape index (κ3) is 7.90. The van der Waals surface area contributed by atoms with Gasteiger partial charge in [-0.3, -0.25) is 0 Å². The van der Waals surface area contributed by atoms with Gasteiger partial charge in [0.2, 0.25) is 0 Å². The van der Waals surface area contributed by atoms with Crippen LogP contribution >= 0.6 is 0 Å². The van der Waals surface area contributed by atoms with Crippen LogP contribution in [0.3, 0.4) is 0 Å². The largest absolute Gasteiger partial charge is 0.417 e. The molecule has 0 heterocycles. The Kier molecular flexibility index (Phi) is 9.95. The number of hydrogen-bond acceptors (Lipinski definition) is 4. The van der Waals surface area contributed by atoms with Crippen LogP contribution in [0, 0.1) is 0 Å². The maximum Gasteiger partial charge on any atom is 0.192 e. The molecule has 0 spiro atoms. The van der Waals surface area contributed by atoms with Gasteiger partial charge in [-0.15, -0.1) is 0 Å². The fourth-order valence-corrected chi connectivity index (χ4v) is 5.56. The smallest absolute Gasteiger partial charge is 0.192 e. The van der Waals surface area contributed by atoms with Gasteiger partial charge < -0.3 is 18.7 Å². The molecule has 4 nitrogen and oxygen atoms in total. The van der Waals surface area contributed by atoms with Gasteiger partial charge >= 0.3 is 0 Å². The number of hydrogen-bond donors (Lipinski definition) is 1. The molecule has 0 amide bonds. The molecule has 0 radical (unpaired) electrons. The summed E-state index contributed by atoms with van der Waals surface area (Å²) in [5.74, 6) is 0. The van der Waals surface area contributed by atoms with Crippen LogP contribution in [-0.4, -0.2) is 53.8 Å². The summed E-state index contributed by atoms with van der Waals surface area (Å²) in [5.41, 5.74) is -0.419. The lowest BCUT2D eigenvalue weighted by molar-refractivity contribution is -0.0868. The van der Waals surface area contributed by atoms with Gasteiger partial charge in [0.1, 0.15) is 0 Å². The first-order valence-corrected chi connectivity index (χ1v) is 16.2. The fraction of sp³-hybridized carbons (Fsp3) is 1.00. The van der Waals surface area contributed by atoms with Crippen molar-refractivity contribution in [1.82, 2.24) is 0 Å². The first kappa shape index (κ1) is 27.3. The Morgan fingerprint density at radius 2 is 1.33 bits per heavy atom. The monoisotopic (exact) mass is 420 g/mol. The van der Waals surface area contributed by atoms with Crippen LogP contribution in [-0.2, 0) is 13.6 Å². The molecule has 27 heavy (non-hydrogen) atoms. The Hall–Kier alpha value is 0.274. The number of rotatable bonds is 11. The first-order valence-electron chi connectivity index (χ1n) is 10.4. The minimum atomic E-state index is -1.97. The van der Waals surface area contributed by atoms with Crippen molar-refractivity contribution in [3.63, 3.8) is 0 Å². The average Bonchev–Trinajstić information content (AvgIpc) is 2.46. The molecule has 0 unspecified atom stereocenters. The molecule has 2 atom stereocenters. The van der Waals surface area contributed by atoms with E-state index < -0.39 is 22.2 Å². The van der Waals surface area contributed by atoms with Crippen LogP contribution in [0.15, 0.2) is 0 Å². The van der Waals surface area contributed by atoms with Gasteiger partial charge in [0.25, 0.3) is 0 Å². The Balaban J connectivity index is 5.23. The highest BCUT2D eigenvalue weighted by atomic mass is 28.4. The summed E-state index contributed by atoms with van der Waals surface area (Å²) in [6.07, 6.45) is 2.27. The number of methoxy groups -OCH3 is 1. The number of aliphatic hydroxyl groups excluding tert-OH is 1. The lowest BCUT2D eigenvalue weighted by Crippen LogP contribution is -2.54. The van der Waals surface area contributed by atoms with Crippen molar-refractivity contribution in [2.24, 2.45) is 0 Å². The van der Waals surface area contributed by atoms with Crippen LogP contribution in [0.25, 0.3) is 0 Å². The Labute approximate surface area is 171 Å². The number of aliphatic hydroxyl groups is 1. The van der Waals surface area contributed by atoms with Gasteiger partial charge in [0, 0.05) is 20.3 Å². The quantitative estimate of drug-likeness (QED) is 0.330. The van der Waals surface area contributed by atoms with E-state index in [1.807, 2.05) is 0 Å². The van der Waals surface area contributed by atoms with Crippen LogP contribution in [0.5, 0.6) is 0 Å². The van der Waals surface area contributed by atoms with Gasteiger partial charge in [-0.05, 0) is 62.5 Å². The van der Waals surface area contributed by atoms with Gasteiger partial charge in [-0.2, -0.15) is 0 Å². The molecule has 0 saturated carbocycles. The molecule has 164 valence electrons. The average molecular weight is 421 g/mol. The van der Waals surface area contributed by atoms with E-state index in [0.29, 0.717) is 6.42 Å². The van der Waals surface area contributed by atoms with Gasteiger partial charge in [-0.1, -0.05) is 41.5 Å². The van der Waals surface area contributed by atoms with E-state index in [2.05, 4.69) is 74.7 Å². The molecule has 0 fully saturated rings. The standard InChI is InChI=1S/C21H48O4Si2/c1-19(2,3)26(9,10)24-17-13-15-21(7,18(23-8)14-16-22)25-27(11,12)20(4,5)6/h18,22H,13-17H2,1-12H3/t18-,21-/m1/s1. The van der Waals surface area contributed by atoms with E-state index in [1.165, 1.54) is 0 Å². The predicted octanol–water partition coefficient (Wildman–Crippen LogP) is 5.97. The highest BCUT2D eigenvalue weighted by molar-refractivity contribution is 6.74. The van der Waals surface area contributed by atoms with Crippen LogP contribution in [0.1, 0.15) is 67.7 Å². The van der Waals surface area contributed by atoms with Crippen LogP contribution < -0.4 is 0 Å². The molecule has 0 aromatic rings. The Morgan fingerprint density at radius 1 is 0.852 bits per heavy atom. The SMILES string of the molecule is CO[C@H](CCO)[C@@](C)(CCCO[Si](C)(C)C(C)(C)C)O[Si](C)(C)C(C)(C)C. The topological polar surface area (TPSA) is 47.9 Å². The summed E-state index contributed by atoms with van der Waals surface area (Å²) in [6, 6.07) is 0. The van der Waals surface area contributed by atoms with Crippen molar-refractivity contribution >= 4 is 16.6 Å². The van der Waals surface area contributed by atoms with E-state index in [1.54, 1.807) is 7.11 Å². The maximum absolute atomic E-state index is 9.51. The molecule has 0 aromatic heterocycles. The molecule has 0 aliphatic heterocycles. The van der Waals surface area contributed by atoms with E-state index in [-0.39, 0.29) is 22.8 Å². The van der Waals surface area contributed by atoms with Crippen molar-refractivity contribution in [2.75, 3.05) is 20.3 Å². The summed E-state index contributed by atoms with van der Waals surface area (Å²) < 4.78 is 19.0. The molecule has 0 aliphatic carbocycles. The molecule has 1 N–H and O–H groups in total. The van der Waals surface area contributed by atoms with E-state index >= 15 is 0 Å². The van der Waals surface area contributed by atoms with Crippen molar-refractivity contribution in [3.8, 4) is 0 Å². The molecule has 0 bridgehead atoms. The Morgan fingerprint density at radius 3 is 1.70 bits per heavy atom. The third-order valence-corrected chi connectivity index (χ3v) is 15.9. The van der Waals surface area contributed by atoms with Gasteiger partial charge in [-0.25, -0.2) is 0 Å². The second-order valence-electron chi connectivity index (χ2n) is 11.1. The molecule has 0 aliphatic rings. The summed E-state index contributed by atoms with van der Waals surface area (Å²) in [5, 5.41) is 9.86. The second kappa shape index (κ2) is 9.85. The summed E-state index contributed by atoms with van der Waals surface area (Å²) in [7, 11) is -1.98. The van der Waals surface area contributed by atoms with Crippen LogP contribution in [0.2, 0.25) is 36.3 Å². The van der Waals surface area contributed by atoms with Crippen molar-refractivity contribution in [2.45, 2.75) is 116 Å². The molecule has 0 aromatic carbocycles. The highest BCUT2D eigenvalue weighted by Crippen LogP contribution is 2.42. The predicted molar refractivity (Wildman–Crippen MR) is 122 cm³/mol. The molecule has 0 saturated heterocycles. The zero-order chi connectivity index (χ0) is 21.7. The van der Waals surface area contributed by atoms with Crippen LogP contribution in [0.4, 0.5) is 0 Å². The summed E-state index contributed by atoms with van der Waals surface area (Å²) >= 11 is 0. The second-order valence-corrected chi connectivity index (χ2v) is 20.7. The lowest BCUT2D eigenvalue weighted by Gasteiger charge is -2.47. The highest BCUT2D eigenvalue weighted by Gasteiger charge is 2.46.